The van der Waals surface area contributed by atoms with E-state index < -0.39 is 0 Å². The molecule has 0 aliphatic rings. The van der Waals surface area contributed by atoms with Gasteiger partial charge in [0.1, 0.15) is 0 Å². The third kappa shape index (κ3) is 2.22. The zero-order chi connectivity index (χ0) is 11.5. The third-order valence-corrected chi connectivity index (χ3v) is 1.94. The van der Waals surface area contributed by atoms with Crippen LogP contribution in [0.2, 0.25) is 0 Å². The summed E-state index contributed by atoms with van der Waals surface area (Å²) in [6.45, 7) is 1.42. The summed E-state index contributed by atoms with van der Waals surface area (Å²) in [4.78, 5) is 19.0. The molecule has 6 heteroatoms. The Labute approximate surface area is 92.3 Å². The van der Waals surface area contributed by atoms with Crippen LogP contribution < -0.4 is 5.32 Å². The molecule has 1 amide bonds. The number of hydrogen-bond acceptors (Lipinski definition) is 4. The summed E-state index contributed by atoms with van der Waals surface area (Å²) in [6, 6.07) is 1.77. The molecule has 2 aromatic rings. The van der Waals surface area contributed by atoms with Crippen LogP contribution in [0, 0.1) is 0 Å². The number of aromatic nitrogens is 4. The first-order chi connectivity index (χ1) is 7.65. The van der Waals surface area contributed by atoms with Crippen LogP contribution in [-0.4, -0.2) is 25.7 Å². The van der Waals surface area contributed by atoms with E-state index in [1.807, 2.05) is 13.2 Å². The monoisotopic (exact) mass is 217 g/mol. The van der Waals surface area contributed by atoms with E-state index in [0.717, 1.165) is 11.3 Å². The van der Waals surface area contributed by atoms with Crippen LogP contribution in [0.25, 0.3) is 11.3 Å². The number of hydrogen-bond donors (Lipinski definition) is 1. The average Bonchev–Trinajstić information content (AvgIpc) is 2.64. The van der Waals surface area contributed by atoms with Crippen molar-refractivity contribution in [3.8, 4) is 11.3 Å². The highest BCUT2D eigenvalue weighted by atomic mass is 16.1. The molecule has 6 nitrogen and oxygen atoms in total. The van der Waals surface area contributed by atoms with Gasteiger partial charge in [0.25, 0.3) is 0 Å². The number of carbonyl (C=O) groups is 1. The van der Waals surface area contributed by atoms with E-state index in [1.165, 1.54) is 6.92 Å². The molecule has 2 rings (SSSR count). The van der Waals surface area contributed by atoms with Gasteiger partial charge in [-0.25, -0.2) is 9.97 Å². The highest BCUT2D eigenvalue weighted by molar-refractivity contribution is 5.86. The van der Waals surface area contributed by atoms with E-state index in [0.29, 0.717) is 5.95 Å². The first-order valence-electron chi connectivity index (χ1n) is 4.75. The van der Waals surface area contributed by atoms with Gasteiger partial charge in [-0.15, -0.1) is 0 Å². The number of rotatable bonds is 2. The minimum atomic E-state index is -0.191. The fraction of sp³-hybridized carbons (Fsp3) is 0.200. The fourth-order valence-electron chi connectivity index (χ4n) is 1.29. The Morgan fingerprint density at radius 3 is 2.94 bits per heavy atom. The summed E-state index contributed by atoms with van der Waals surface area (Å²) in [5.74, 6) is 0.109. The fourth-order valence-corrected chi connectivity index (χ4v) is 1.29. The van der Waals surface area contributed by atoms with E-state index in [1.54, 1.807) is 23.1 Å². The number of aryl methyl sites for hydroxylation is 1. The molecule has 0 aliphatic heterocycles. The molecule has 0 atom stereocenters. The minimum absolute atomic E-state index is 0.191. The SMILES string of the molecule is CC(=O)Nc1nccc(-c2cnn(C)c2)n1. The molecule has 0 radical (unpaired) electrons. The Hall–Kier alpha value is -2.24. The van der Waals surface area contributed by atoms with Gasteiger partial charge < -0.3 is 0 Å². The highest BCUT2D eigenvalue weighted by Crippen LogP contribution is 2.15. The largest absolute Gasteiger partial charge is 0.295 e. The number of carbonyl (C=O) groups excluding carboxylic acids is 1. The summed E-state index contributed by atoms with van der Waals surface area (Å²) in [7, 11) is 1.83. The number of nitrogens with one attached hydrogen (secondary N) is 1. The Balaban J connectivity index is 2.32. The Bertz CT molecular complexity index is 519. The van der Waals surface area contributed by atoms with Gasteiger partial charge >= 0.3 is 0 Å². The van der Waals surface area contributed by atoms with Crippen LogP contribution in [0.5, 0.6) is 0 Å². The molecule has 0 bridgehead atoms. The van der Waals surface area contributed by atoms with E-state index in [-0.39, 0.29) is 5.91 Å². The van der Waals surface area contributed by atoms with E-state index >= 15 is 0 Å². The van der Waals surface area contributed by atoms with Gasteiger partial charge in [0, 0.05) is 31.9 Å². The van der Waals surface area contributed by atoms with Crippen LogP contribution in [0.3, 0.4) is 0 Å². The Morgan fingerprint density at radius 1 is 1.50 bits per heavy atom. The molecule has 2 aromatic heterocycles. The molecule has 0 unspecified atom stereocenters. The van der Waals surface area contributed by atoms with Gasteiger partial charge in [-0.3, -0.25) is 14.8 Å². The second-order valence-corrected chi connectivity index (χ2v) is 3.35. The minimum Gasteiger partial charge on any atom is -0.295 e. The van der Waals surface area contributed by atoms with Gasteiger partial charge in [-0.05, 0) is 6.07 Å². The zero-order valence-electron chi connectivity index (χ0n) is 9.01. The normalized spacial score (nSPS) is 10.1. The summed E-state index contributed by atoms with van der Waals surface area (Å²) in [5.41, 5.74) is 1.61. The summed E-state index contributed by atoms with van der Waals surface area (Å²) >= 11 is 0. The van der Waals surface area contributed by atoms with E-state index in [2.05, 4.69) is 20.4 Å². The lowest BCUT2D eigenvalue weighted by atomic mass is 10.2. The van der Waals surface area contributed by atoms with Crippen LogP contribution in [0.1, 0.15) is 6.92 Å². The molecular formula is C10H11N5O. The Kier molecular flexibility index (Phi) is 2.63. The lowest BCUT2D eigenvalue weighted by Gasteiger charge is -2.01. The lowest BCUT2D eigenvalue weighted by molar-refractivity contribution is -0.114. The topological polar surface area (TPSA) is 72.7 Å². The first kappa shape index (κ1) is 10.3. The van der Waals surface area contributed by atoms with Crippen LogP contribution in [-0.2, 0) is 11.8 Å². The average molecular weight is 217 g/mol. The predicted molar refractivity (Wildman–Crippen MR) is 58.5 cm³/mol. The second kappa shape index (κ2) is 4.09. The molecule has 16 heavy (non-hydrogen) atoms. The number of nitrogens with zero attached hydrogens (tertiary/aromatic N) is 4. The van der Waals surface area contributed by atoms with Gasteiger partial charge in [0.05, 0.1) is 11.9 Å². The standard InChI is InChI=1S/C10H11N5O/c1-7(16)13-10-11-4-3-9(14-10)8-5-12-15(2)6-8/h3-6H,1-2H3,(H,11,13,14,16). The van der Waals surface area contributed by atoms with Crippen molar-refractivity contribution >= 4 is 11.9 Å². The zero-order valence-corrected chi connectivity index (χ0v) is 9.01. The van der Waals surface area contributed by atoms with Crippen LogP contribution >= 0.6 is 0 Å². The van der Waals surface area contributed by atoms with Crippen LogP contribution in [0.4, 0.5) is 5.95 Å². The number of amides is 1. The molecular weight excluding hydrogens is 206 g/mol. The third-order valence-electron chi connectivity index (χ3n) is 1.94. The van der Waals surface area contributed by atoms with Crippen molar-refractivity contribution < 1.29 is 4.79 Å². The Morgan fingerprint density at radius 2 is 2.31 bits per heavy atom. The van der Waals surface area contributed by atoms with Crippen molar-refractivity contribution in [3.05, 3.63) is 24.7 Å². The quantitative estimate of drug-likeness (QED) is 0.808. The van der Waals surface area contributed by atoms with Crippen molar-refractivity contribution in [1.82, 2.24) is 19.7 Å². The maximum absolute atomic E-state index is 10.9. The van der Waals surface area contributed by atoms with Gasteiger partial charge in [-0.1, -0.05) is 0 Å². The van der Waals surface area contributed by atoms with E-state index in [4.69, 9.17) is 0 Å². The number of anilines is 1. The highest BCUT2D eigenvalue weighted by Gasteiger charge is 2.04. The van der Waals surface area contributed by atoms with Crippen LogP contribution in [0.15, 0.2) is 24.7 Å². The van der Waals surface area contributed by atoms with Crippen molar-refractivity contribution in [2.24, 2.45) is 7.05 Å². The first-order valence-corrected chi connectivity index (χ1v) is 4.75. The van der Waals surface area contributed by atoms with E-state index in [9.17, 15) is 4.79 Å². The lowest BCUT2D eigenvalue weighted by Crippen LogP contribution is -2.09. The molecule has 0 aromatic carbocycles. The molecule has 0 saturated heterocycles. The smallest absolute Gasteiger partial charge is 0.229 e. The second-order valence-electron chi connectivity index (χ2n) is 3.35. The van der Waals surface area contributed by atoms with Gasteiger partial charge in [0.2, 0.25) is 11.9 Å². The van der Waals surface area contributed by atoms with Crippen molar-refractivity contribution in [2.45, 2.75) is 6.92 Å². The molecule has 0 fully saturated rings. The predicted octanol–water partition coefficient (Wildman–Crippen LogP) is 0.835. The summed E-state index contributed by atoms with van der Waals surface area (Å²) in [5, 5.41) is 6.59. The van der Waals surface area contributed by atoms with Gasteiger partial charge in [0.15, 0.2) is 0 Å². The van der Waals surface area contributed by atoms with Crippen molar-refractivity contribution in [2.75, 3.05) is 5.32 Å². The molecule has 0 saturated carbocycles. The molecule has 0 spiro atoms. The summed E-state index contributed by atoms with van der Waals surface area (Å²) in [6.07, 6.45) is 5.15. The maximum Gasteiger partial charge on any atom is 0.229 e. The molecule has 2 heterocycles. The van der Waals surface area contributed by atoms with Gasteiger partial charge in [-0.2, -0.15) is 5.10 Å². The molecule has 1 N–H and O–H groups in total. The molecule has 82 valence electrons. The van der Waals surface area contributed by atoms with Crippen molar-refractivity contribution in [1.29, 1.82) is 0 Å². The maximum atomic E-state index is 10.9. The molecule has 0 aliphatic carbocycles. The summed E-state index contributed by atoms with van der Waals surface area (Å²) < 4.78 is 1.69. The van der Waals surface area contributed by atoms with Crippen molar-refractivity contribution in [3.63, 3.8) is 0 Å².